The number of ether oxygens (including phenoxy) is 1. The van der Waals surface area contributed by atoms with Gasteiger partial charge in [0.05, 0.1) is 36.2 Å². The lowest BCUT2D eigenvalue weighted by atomic mass is 10.1. The first-order valence-corrected chi connectivity index (χ1v) is 10.1. The van der Waals surface area contributed by atoms with E-state index in [0.29, 0.717) is 6.54 Å². The molecule has 1 saturated heterocycles. The van der Waals surface area contributed by atoms with Crippen LogP contribution in [0.3, 0.4) is 0 Å². The molecule has 3 heterocycles. The molecule has 0 aromatic carbocycles. The zero-order valence-electron chi connectivity index (χ0n) is 15.6. The van der Waals surface area contributed by atoms with Crippen molar-refractivity contribution in [3.05, 3.63) is 40.2 Å². The summed E-state index contributed by atoms with van der Waals surface area (Å²) in [7, 11) is 2.05. The highest BCUT2D eigenvalue weighted by Crippen LogP contribution is 2.13. The highest BCUT2D eigenvalue weighted by molar-refractivity contribution is 7.09. The van der Waals surface area contributed by atoms with Crippen LogP contribution in [-0.4, -0.2) is 48.7 Å². The van der Waals surface area contributed by atoms with E-state index in [4.69, 9.17) is 14.1 Å². The maximum absolute atomic E-state index is 5.81. The van der Waals surface area contributed by atoms with Gasteiger partial charge in [-0.05, 0) is 38.3 Å². The molecular weight excluding hydrogens is 348 g/mol. The summed E-state index contributed by atoms with van der Waals surface area (Å²) in [6.07, 6.45) is 6.27. The Morgan fingerprint density at radius 1 is 1.46 bits per heavy atom. The van der Waals surface area contributed by atoms with Crippen LogP contribution in [0, 0.1) is 6.92 Å². The van der Waals surface area contributed by atoms with Crippen molar-refractivity contribution in [2.45, 2.75) is 45.3 Å². The Balaban J connectivity index is 1.58. The molecule has 1 N–H and O–H groups in total. The second-order valence-corrected chi connectivity index (χ2v) is 7.69. The molecule has 0 aliphatic carbocycles. The summed E-state index contributed by atoms with van der Waals surface area (Å²) in [6.45, 7) is 5.10. The molecule has 142 valence electrons. The molecule has 0 amide bonds. The molecule has 1 atom stereocenters. The molecule has 0 saturated carbocycles. The minimum atomic E-state index is 0.237. The number of guanidine groups is 1. The molecule has 0 bridgehead atoms. The monoisotopic (exact) mass is 376 g/mol. The van der Waals surface area contributed by atoms with Gasteiger partial charge in [-0.2, -0.15) is 0 Å². The number of aliphatic imine (C=N–C) groups is 1. The maximum Gasteiger partial charge on any atom is 0.194 e. The van der Waals surface area contributed by atoms with E-state index in [-0.39, 0.29) is 6.10 Å². The summed E-state index contributed by atoms with van der Waals surface area (Å²) < 4.78 is 11.2. The largest absolute Gasteiger partial charge is 0.469 e. The number of hydrogen-bond donors (Lipinski definition) is 1. The third-order valence-corrected chi connectivity index (χ3v) is 5.20. The topological polar surface area (TPSA) is 62.9 Å². The average Bonchev–Trinajstić information content (AvgIpc) is 3.30. The number of nitrogens with one attached hydrogen (secondary N) is 1. The van der Waals surface area contributed by atoms with Gasteiger partial charge in [0.2, 0.25) is 0 Å². The Hall–Kier alpha value is -1.86. The first kappa shape index (κ1) is 18.9. The summed E-state index contributed by atoms with van der Waals surface area (Å²) >= 11 is 1.68. The van der Waals surface area contributed by atoms with Crippen molar-refractivity contribution < 1.29 is 9.15 Å². The lowest BCUT2D eigenvalue weighted by Crippen LogP contribution is -2.40. The minimum absolute atomic E-state index is 0.237. The van der Waals surface area contributed by atoms with Gasteiger partial charge in [0.25, 0.3) is 0 Å². The highest BCUT2D eigenvalue weighted by Gasteiger charge is 2.15. The van der Waals surface area contributed by atoms with E-state index in [1.54, 1.807) is 17.6 Å². The Morgan fingerprint density at radius 3 is 3.08 bits per heavy atom. The van der Waals surface area contributed by atoms with Gasteiger partial charge in [0.1, 0.15) is 5.76 Å². The number of thiazole rings is 1. The zero-order valence-corrected chi connectivity index (χ0v) is 16.4. The quantitative estimate of drug-likeness (QED) is 0.594. The fraction of sp³-hybridized carbons (Fsp3) is 0.579. The normalized spacial score (nSPS) is 18.1. The Labute approximate surface area is 159 Å². The summed E-state index contributed by atoms with van der Waals surface area (Å²) in [5.74, 6) is 1.86. The fourth-order valence-corrected chi connectivity index (χ4v) is 3.61. The minimum Gasteiger partial charge on any atom is -0.469 e. The molecule has 1 unspecified atom stereocenters. The Kier molecular flexibility index (Phi) is 7.08. The SMILES string of the molecule is Cc1nc(CN(C)C(=NCC2CCCCO2)NCCc2ccco2)cs1. The highest BCUT2D eigenvalue weighted by atomic mass is 32.1. The number of nitrogens with zero attached hydrogens (tertiary/aromatic N) is 3. The predicted octanol–water partition coefficient (Wildman–Crippen LogP) is 3.23. The molecule has 1 aliphatic heterocycles. The number of aromatic nitrogens is 1. The van der Waals surface area contributed by atoms with Crippen molar-refractivity contribution in [3.8, 4) is 0 Å². The van der Waals surface area contributed by atoms with Crippen LogP contribution in [-0.2, 0) is 17.7 Å². The summed E-state index contributed by atoms with van der Waals surface area (Å²) in [5.41, 5.74) is 1.07. The predicted molar refractivity (Wildman–Crippen MR) is 105 cm³/mol. The van der Waals surface area contributed by atoms with Crippen LogP contribution < -0.4 is 5.32 Å². The molecule has 2 aromatic heterocycles. The molecular formula is C19H28N4O2S. The fourth-order valence-electron chi connectivity index (χ4n) is 3.00. The van der Waals surface area contributed by atoms with E-state index in [1.807, 2.05) is 19.1 Å². The van der Waals surface area contributed by atoms with Gasteiger partial charge in [-0.1, -0.05) is 0 Å². The average molecular weight is 377 g/mol. The lowest BCUT2D eigenvalue weighted by molar-refractivity contribution is 0.0223. The molecule has 1 aliphatic rings. The van der Waals surface area contributed by atoms with Crippen molar-refractivity contribution in [2.75, 3.05) is 26.7 Å². The second-order valence-electron chi connectivity index (χ2n) is 6.62. The van der Waals surface area contributed by atoms with Crippen molar-refractivity contribution in [1.29, 1.82) is 0 Å². The van der Waals surface area contributed by atoms with Crippen LogP contribution in [0.15, 0.2) is 33.2 Å². The van der Waals surface area contributed by atoms with E-state index in [1.165, 1.54) is 6.42 Å². The van der Waals surface area contributed by atoms with Crippen LogP contribution in [0.1, 0.15) is 35.7 Å². The van der Waals surface area contributed by atoms with Gasteiger partial charge in [0, 0.05) is 32.0 Å². The van der Waals surface area contributed by atoms with Crippen molar-refractivity contribution in [1.82, 2.24) is 15.2 Å². The first-order chi connectivity index (χ1) is 12.7. The standard InChI is InChI=1S/C19H28N4O2S/c1-15-22-16(14-26-15)13-23(2)19(20-9-8-17-7-5-11-24-17)21-12-18-6-3-4-10-25-18/h5,7,11,14,18H,3-4,6,8-10,12-13H2,1-2H3,(H,20,21). The van der Waals surface area contributed by atoms with Gasteiger partial charge in [-0.3, -0.25) is 4.99 Å². The molecule has 7 heteroatoms. The van der Waals surface area contributed by atoms with Crippen LogP contribution in [0.2, 0.25) is 0 Å². The lowest BCUT2D eigenvalue weighted by Gasteiger charge is -2.24. The third-order valence-electron chi connectivity index (χ3n) is 4.38. The maximum atomic E-state index is 5.81. The van der Waals surface area contributed by atoms with Crippen molar-refractivity contribution in [3.63, 3.8) is 0 Å². The van der Waals surface area contributed by atoms with E-state index in [0.717, 1.165) is 61.4 Å². The molecule has 0 spiro atoms. The van der Waals surface area contributed by atoms with E-state index < -0.39 is 0 Å². The molecule has 6 nitrogen and oxygen atoms in total. The Morgan fingerprint density at radius 2 is 2.38 bits per heavy atom. The van der Waals surface area contributed by atoms with Crippen molar-refractivity contribution in [2.24, 2.45) is 4.99 Å². The second kappa shape index (κ2) is 9.73. The van der Waals surface area contributed by atoms with E-state index >= 15 is 0 Å². The number of aryl methyl sites for hydroxylation is 1. The van der Waals surface area contributed by atoms with E-state index in [2.05, 4.69) is 27.6 Å². The third kappa shape index (κ3) is 5.85. The first-order valence-electron chi connectivity index (χ1n) is 9.25. The van der Waals surface area contributed by atoms with Gasteiger partial charge in [-0.15, -0.1) is 11.3 Å². The Bertz CT molecular complexity index is 678. The van der Waals surface area contributed by atoms with Crippen LogP contribution >= 0.6 is 11.3 Å². The van der Waals surface area contributed by atoms with Gasteiger partial charge in [0.15, 0.2) is 5.96 Å². The smallest absolute Gasteiger partial charge is 0.194 e. The van der Waals surface area contributed by atoms with Gasteiger partial charge < -0.3 is 19.4 Å². The van der Waals surface area contributed by atoms with Crippen molar-refractivity contribution >= 4 is 17.3 Å². The molecule has 2 aromatic rings. The number of rotatable bonds is 7. The molecule has 26 heavy (non-hydrogen) atoms. The number of hydrogen-bond acceptors (Lipinski definition) is 5. The molecule has 1 fully saturated rings. The molecule has 0 radical (unpaired) electrons. The van der Waals surface area contributed by atoms with E-state index in [9.17, 15) is 0 Å². The summed E-state index contributed by atoms with van der Waals surface area (Å²) in [4.78, 5) is 11.5. The van der Waals surface area contributed by atoms with Gasteiger partial charge >= 0.3 is 0 Å². The molecule has 3 rings (SSSR count). The van der Waals surface area contributed by atoms with Crippen LogP contribution in [0.25, 0.3) is 0 Å². The van der Waals surface area contributed by atoms with Gasteiger partial charge in [-0.25, -0.2) is 4.98 Å². The number of furan rings is 1. The summed E-state index contributed by atoms with van der Waals surface area (Å²) in [6, 6.07) is 3.91. The zero-order chi connectivity index (χ0) is 18.2. The summed E-state index contributed by atoms with van der Waals surface area (Å²) in [5, 5.41) is 6.66. The van der Waals surface area contributed by atoms with Crippen LogP contribution in [0.5, 0.6) is 0 Å². The van der Waals surface area contributed by atoms with Crippen LogP contribution in [0.4, 0.5) is 0 Å².